The summed E-state index contributed by atoms with van der Waals surface area (Å²) < 4.78 is 0.156. The second kappa shape index (κ2) is 9.62. The van der Waals surface area contributed by atoms with Gasteiger partial charge in [0.15, 0.2) is 0 Å². The second-order valence-electron chi connectivity index (χ2n) is 4.83. The molecule has 0 spiro atoms. The summed E-state index contributed by atoms with van der Waals surface area (Å²) in [6, 6.07) is 2.27. The van der Waals surface area contributed by atoms with Crippen LogP contribution in [-0.4, -0.2) is 26.5 Å². The normalized spacial score (nSPS) is 13.7. The van der Waals surface area contributed by atoms with Crippen LogP contribution < -0.4 is 5.32 Å². The molecule has 0 fully saturated rings. The molecule has 0 bridgehead atoms. The van der Waals surface area contributed by atoms with Gasteiger partial charge in [-0.1, -0.05) is 44.8 Å². The number of carbonyl (C=O) groups is 1. The third-order valence-corrected chi connectivity index (χ3v) is 4.99. The summed E-state index contributed by atoms with van der Waals surface area (Å²) in [6.45, 7) is 8.65. The highest BCUT2D eigenvalue weighted by Gasteiger charge is 2.27. The van der Waals surface area contributed by atoms with E-state index in [0.29, 0.717) is 25.3 Å². The van der Waals surface area contributed by atoms with E-state index in [2.05, 4.69) is 25.2 Å². The van der Waals surface area contributed by atoms with E-state index in [1.165, 1.54) is 11.8 Å². The largest absolute Gasteiger partial charge is 0.356 e. The highest BCUT2D eigenvalue weighted by molar-refractivity contribution is 8.47. The zero-order valence-electron chi connectivity index (χ0n) is 12.0. The average molecular weight is 319 g/mol. The standard InChI is InChI=1S/C13H22N2OS3/c1-5-18-12(17)19-13(4,9-14)7-6-11(16)15-8-10(2)3/h10H,5-8H2,1-4H3,(H,15,16). The third-order valence-electron chi connectivity index (χ3n) is 2.34. The Balaban J connectivity index is 4.21. The molecule has 0 aromatic rings. The lowest BCUT2D eigenvalue weighted by atomic mass is 10.1. The first-order valence-corrected chi connectivity index (χ1v) is 8.57. The van der Waals surface area contributed by atoms with Crippen molar-refractivity contribution >= 4 is 45.2 Å². The summed E-state index contributed by atoms with van der Waals surface area (Å²) in [5, 5.41) is 12.1. The number of nitrogens with one attached hydrogen (secondary N) is 1. The molecule has 108 valence electrons. The number of thiocarbonyl (C=S) groups is 1. The molecule has 0 radical (unpaired) electrons. The highest BCUT2D eigenvalue weighted by Crippen LogP contribution is 2.34. The fraction of sp³-hybridized carbons (Fsp3) is 0.769. The van der Waals surface area contributed by atoms with Crippen molar-refractivity contribution < 1.29 is 4.79 Å². The maximum Gasteiger partial charge on any atom is 0.220 e. The fourth-order valence-corrected chi connectivity index (χ4v) is 4.12. The number of hydrogen-bond donors (Lipinski definition) is 1. The van der Waals surface area contributed by atoms with E-state index >= 15 is 0 Å². The quantitative estimate of drug-likeness (QED) is 0.727. The molecule has 1 N–H and O–H groups in total. The molecular weight excluding hydrogens is 296 g/mol. The molecular formula is C13H22N2OS3. The predicted octanol–water partition coefficient (Wildman–Crippen LogP) is 3.59. The third kappa shape index (κ3) is 9.31. The molecule has 0 heterocycles. The van der Waals surface area contributed by atoms with Crippen LogP contribution in [0.1, 0.15) is 40.5 Å². The molecule has 1 amide bonds. The van der Waals surface area contributed by atoms with Crippen molar-refractivity contribution in [3.8, 4) is 6.07 Å². The van der Waals surface area contributed by atoms with Crippen LogP contribution in [0.2, 0.25) is 0 Å². The van der Waals surface area contributed by atoms with Gasteiger partial charge in [0, 0.05) is 13.0 Å². The molecule has 0 aliphatic heterocycles. The summed E-state index contributed by atoms with van der Waals surface area (Å²) in [7, 11) is 0. The average Bonchev–Trinajstić information content (AvgIpc) is 2.34. The van der Waals surface area contributed by atoms with E-state index < -0.39 is 4.75 Å². The monoisotopic (exact) mass is 318 g/mol. The van der Waals surface area contributed by atoms with E-state index in [9.17, 15) is 10.1 Å². The summed E-state index contributed by atoms with van der Waals surface area (Å²) in [5.41, 5.74) is 0. The van der Waals surface area contributed by atoms with E-state index in [4.69, 9.17) is 12.2 Å². The van der Waals surface area contributed by atoms with Crippen LogP contribution in [0.25, 0.3) is 0 Å². The lowest BCUT2D eigenvalue weighted by Gasteiger charge is -2.20. The number of thioether (sulfide) groups is 2. The van der Waals surface area contributed by atoms with E-state index in [0.717, 1.165) is 9.28 Å². The summed E-state index contributed by atoms with van der Waals surface area (Å²) in [4.78, 5) is 11.7. The molecule has 1 atom stereocenters. The second-order valence-corrected chi connectivity index (χ2v) is 8.80. The lowest BCUT2D eigenvalue weighted by molar-refractivity contribution is -0.121. The van der Waals surface area contributed by atoms with Gasteiger partial charge in [0.05, 0.1) is 6.07 Å². The Morgan fingerprint density at radius 2 is 2.16 bits per heavy atom. The van der Waals surface area contributed by atoms with Gasteiger partial charge in [-0.2, -0.15) is 5.26 Å². The topological polar surface area (TPSA) is 52.9 Å². The van der Waals surface area contributed by atoms with Crippen molar-refractivity contribution in [2.24, 2.45) is 5.92 Å². The molecule has 0 aromatic heterocycles. The van der Waals surface area contributed by atoms with Crippen molar-refractivity contribution in [3.05, 3.63) is 0 Å². The first kappa shape index (κ1) is 18.8. The SMILES string of the molecule is CCSC(=S)SC(C)(C#N)CCC(=O)NCC(C)C. The molecule has 0 aliphatic carbocycles. The number of carbonyl (C=O) groups excluding carboxylic acids is 1. The minimum Gasteiger partial charge on any atom is -0.356 e. The van der Waals surface area contributed by atoms with Gasteiger partial charge in [0.2, 0.25) is 5.91 Å². The minimum atomic E-state index is -0.617. The molecule has 0 saturated carbocycles. The van der Waals surface area contributed by atoms with E-state index in [1.54, 1.807) is 11.8 Å². The van der Waals surface area contributed by atoms with Crippen LogP contribution in [0.5, 0.6) is 0 Å². The Morgan fingerprint density at radius 3 is 2.63 bits per heavy atom. The molecule has 0 rings (SSSR count). The van der Waals surface area contributed by atoms with Gasteiger partial charge in [0.25, 0.3) is 0 Å². The predicted molar refractivity (Wildman–Crippen MR) is 89.4 cm³/mol. The molecule has 6 heteroatoms. The van der Waals surface area contributed by atoms with E-state index in [1.807, 2.05) is 13.8 Å². The summed E-state index contributed by atoms with van der Waals surface area (Å²) >= 11 is 8.16. The molecule has 19 heavy (non-hydrogen) atoms. The smallest absolute Gasteiger partial charge is 0.220 e. The number of nitrogens with zero attached hydrogens (tertiary/aromatic N) is 1. The van der Waals surface area contributed by atoms with Crippen LogP contribution in [-0.2, 0) is 4.79 Å². The number of amides is 1. The summed E-state index contributed by atoms with van der Waals surface area (Å²) in [5.74, 6) is 1.35. The Kier molecular flexibility index (Phi) is 9.50. The fourth-order valence-electron chi connectivity index (χ4n) is 1.22. The van der Waals surface area contributed by atoms with Crippen molar-refractivity contribution in [2.75, 3.05) is 12.3 Å². The Morgan fingerprint density at radius 1 is 1.53 bits per heavy atom. The van der Waals surface area contributed by atoms with Crippen LogP contribution in [0.4, 0.5) is 0 Å². The van der Waals surface area contributed by atoms with Crippen molar-refractivity contribution in [1.82, 2.24) is 5.32 Å². The van der Waals surface area contributed by atoms with Gasteiger partial charge < -0.3 is 5.32 Å². The van der Waals surface area contributed by atoms with Gasteiger partial charge >= 0.3 is 0 Å². The summed E-state index contributed by atoms with van der Waals surface area (Å²) in [6.07, 6.45) is 0.881. The number of hydrogen-bond acceptors (Lipinski definition) is 5. The Labute approximate surface area is 130 Å². The Hall–Kier alpha value is -0.250. The first-order valence-electron chi connectivity index (χ1n) is 6.36. The zero-order valence-corrected chi connectivity index (χ0v) is 14.4. The maximum atomic E-state index is 11.7. The van der Waals surface area contributed by atoms with Crippen molar-refractivity contribution in [2.45, 2.75) is 45.3 Å². The molecule has 3 nitrogen and oxygen atoms in total. The van der Waals surface area contributed by atoms with Crippen molar-refractivity contribution in [3.63, 3.8) is 0 Å². The van der Waals surface area contributed by atoms with E-state index in [-0.39, 0.29) is 5.91 Å². The van der Waals surface area contributed by atoms with Gasteiger partial charge in [-0.25, -0.2) is 0 Å². The van der Waals surface area contributed by atoms with Gasteiger partial charge in [-0.15, -0.1) is 11.8 Å². The number of rotatable bonds is 7. The molecule has 0 aliphatic rings. The Bertz CT molecular complexity index is 352. The minimum absolute atomic E-state index is 0.00448. The first-order chi connectivity index (χ1) is 8.83. The zero-order chi connectivity index (χ0) is 14.9. The van der Waals surface area contributed by atoms with Gasteiger partial charge in [-0.3, -0.25) is 4.79 Å². The van der Waals surface area contributed by atoms with Crippen LogP contribution >= 0.6 is 35.7 Å². The van der Waals surface area contributed by atoms with Crippen molar-refractivity contribution in [1.29, 1.82) is 5.26 Å². The number of nitriles is 1. The molecule has 0 saturated heterocycles. The molecule has 1 unspecified atom stereocenters. The lowest BCUT2D eigenvalue weighted by Crippen LogP contribution is -2.29. The van der Waals surface area contributed by atoms with Gasteiger partial charge in [0.1, 0.15) is 8.28 Å². The van der Waals surface area contributed by atoms with Crippen LogP contribution in [0, 0.1) is 17.2 Å². The van der Waals surface area contributed by atoms with Crippen LogP contribution in [0.15, 0.2) is 0 Å². The van der Waals surface area contributed by atoms with Crippen LogP contribution in [0.3, 0.4) is 0 Å². The molecule has 0 aromatic carbocycles. The highest BCUT2D eigenvalue weighted by atomic mass is 32.2. The van der Waals surface area contributed by atoms with Gasteiger partial charge in [-0.05, 0) is 25.0 Å². The maximum absolute atomic E-state index is 11.7.